The summed E-state index contributed by atoms with van der Waals surface area (Å²) in [6.45, 7) is 0. The molecule has 6 aromatic rings. The van der Waals surface area contributed by atoms with Gasteiger partial charge >= 0.3 is 0 Å². The highest BCUT2D eigenvalue weighted by Crippen LogP contribution is 2.36. The summed E-state index contributed by atoms with van der Waals surface area (Å²) in [7, 11) is 4.75. The van der Waals surface area contributed by atoms with Gasteiger partial charge in [-0.3, -0.25) is 14.4 Å². The van der Waals surface area contributed by atoms with E-state index in [2.05, 4.69) is 38.5 Å². The number of rotatable bonds is 12. The molecule has 4 aromatic carbocycles. The lowest BCUT2D eigenvalue weighted by molar-refractivity contribution is -0.123. The summed E-state index contributed by atoms with van der Waals surface area (Å²) >= 11 is 0. The largest absolute Gasteiger partial charge is 0.400 e. The second kappa shape index (κ2) is 22.4. The van der Waals surface area contributed by atoms with Crippen LogP contribution in [0, 0.1) is 11.3 Å². The quantitative estimate of drug-likeness (QED) is 0.0972. The van der Waals surface area contributed by atoms with Crippen molar-refractivity contribution >= 4 is 35.3 Å². The molecule has 282 valence electrons. The lowest BCUT2D eigenvalue weighted by Crippen LogP contribution is -2.47. The highest BCUT2D eigenvalue weighted by Gasteiger charge is 2.37. The predicted octanol–water partition coefficient (Wildman–Crippen LogP) is 5.24. The van der Waals surface area contributed by atoms with Gasteiger partial charge in [-0.25, -0.2) is 4.98 Å². The summed E-state index contributed by atoms with van der Waals surface area (Å²) < 4.78 is 2.07. The number of para-hydroxylation sites is 1. The zero-order valence-corrected chi connectivity index (χ0v) is 31.1. The summed E-state index contributed by atoms with van der Waals surface area (Å²) in [6, 6.07) is 42.5. The number of hydrogen-bond acceptors (Lipinski definition) is 8. The number of nitrogens with one attached hydrogen (secondary N) is 2. The van der Waals surface area contributed by atoms with Crippen LogP contribution in [0.25, 0.3) is 10.9 Å². The molecule has 0 aliphatic carbocycles. The van der Waals surface area contributed by atoms with Crippen molar-refractivity contribution in [3.63, 3.8) is 0 Å². The lowest BCUT2D eigenvalue weighted by atomic mass is 9.77. The molecule has 55 heavy (non-hydrogen) atoms. The van der Waals surface area contributed by atoms with E-state index in [1.807, 2.05) is 116 Å². The van der Waals surface area contributed by atoms with Gasteiger partial charge in [0.25, 0.3) is 0 Å². The molecule has 0 spiro atoms. The fraction of sp³-hybridized carbons (Fsp3) is 0.182. The van der Waals surface area contributed by atoms with Crippen molar-refractivity contribution in [1.82, 2.24) is 20.2 Å². The molecule has 0 bridgehead atoms. The first kappa shape index (κ1) is 42.7. The molecular weight excluding hydrogens is 693 g/mol. The first-order chi connectivity index (χ1) is 26.8. The molecule has 0 fully saturated rings. The Kier molecular flexibility index (Phi) is 17.3. The van der Waals surface area contributed by atoms with Crippen LogP contribution in [0.4, 0.5) is 0 Å². The minimum Gasteiger partial charge on any atom is -0.400 e. The molecule has 1 unspecified atom stereocenters. The van der Waals surface area contributed by atoms with E-state index in [1.165, 1.54) is 23.2 Å². The minimum absolute atomic E-state index is 0.159. The van der Waals surface area contributed by atoms with Crippen LogP contribution in [-0.2, 0) is 33.4 Å². The third-order valence-corrected chi connectivity index (χ3v) is 8.57. The maximum atomic E-state index is 12.7. The summed E-state index contributed by atoms with van der Waals surface area (Å²) in [6.07, 6.45) is 5.87. The van der Waals surface area contributed by atoms with E-state index in [4.69, 9.17) is 16.1 Å². The van der Waals surface area contributed by atoms with Crippen molar-refractivity contribution in [2.75, 3.05) is 14.2 Å². The highest BCUT2D eigenvalue weighted by molar-refractivity contribution is 5.86. The third-order valence-electron chi connectivity index (χ3n) is 8.57. The molecule has 0 saturated heterocycles. The van der Waals surface area contributed by atoms with Crippen LogP contribution in [-0.4, -0.2) is 59.2 Å². The van der Waals surface area contributed by atoms with E-state index in [0.29, 0.717) is 24.0 Å². The second-order valence-corrected chi connectivity index (χ2v) is 12.0. The third kappa shape index (κ3) is 11.6. The van der Waals surface area contributed by atoms with Crippen LogP contribution in [0.5, 0.6) is 0 Å². The number of aliphatic hydroxyl groups excluding tert-OH is 1. The molecule has 11 heteroatoms. The second-order valence-electron chi connectivity index (χ2n) is 12.0. The molecule has 0 radical (unpaired) electrons. The topological polar surface area (TPSA) is 180 Å². The van der Waals surface area contributed by atoms with Gasteiger partial charge < -0.3 is 30.8 Å². The van der Waals surface area contributed by atoms with Gasteiger partial charge in [0.1, 0.15) is 23.6 Å². The summed E-state index contributed by atoms with van der Waals surface area (Å²) in [5, 5.41) is 22.6. The number of pyridine rings is 1. The van der Waals surface area contributed by atoms with E-state index in [9.17, 15) is 19.2 Å². The van der Waals surface area contributed by atoms with Gasteiger partial charge in [-0.15, -0.1) is 0 Å². The molecule has 0 saturated carbocycles. The van der Waals surface area contributed by atoms with E-state index in [1.54, 1.807) is 13.1 Å². The first-order valence-electron chi connectivity index (χ1n) is 17.4. The van der Waals surface area contributed by atoms with Crippen molar-refractivity contribution in [2.24, 2.45) is 12.8 Å². The molecule has 11 nitrogen and oxygen atoms in total. The number of primary amides is 1. The van der Waals surface area contributed by atoms with Gasteiger partial charge in [0.05, 0.1) is 6.04 Å². The number of fused-ring (bicyclic) bond motifs is 1. The van der Waals surface area contributed by atoms with Crippen LogP contribution < -0.4 is 16.4 Å². The van der Waals surface area contributed by atoms with Crippen LogP contribution in [0.2, 0.25) is 0 Å². The molecule has 6 rings (SSSR count). The van der Waals surface area contributed by atoms with Crippen molar-refractivity contribution in [1.29, 1.82) is 5.26 Å². The number of likely N-dealkylation sites (N-methyl/N-ethyl adjacent to an activating group) is 1. The van der Waals surface area contributed by atoms with Gasteiger partial charge in [0, 0.05) is 55.9 Å². The predicted molar refractivity (Wildman–Crippen MR) is 214 cm³/mol. The number of nitrogens with zero attached hydrogens (tertiary/aromatic N) is 3. The van der Waals surface area contributed by atoms with E-state index in [0.717, 1.165) is 35.6 Å². The maximum Gasteiger partial charge on any atom is 0.234 e. The summed E-state index contributed by atoms with van der Waals surface area (Å²) in [5.41, 5.74) is 10.5. The fourth-order valence-corrected chi connectivity index (χ4v) is 5.94. The number of aryl methyl sites for hydroxylation is 1. The Hall–Kier alpha value is -6.74. The number of aliphatic hydroxyl groups is 1. The van der Waals surface area contributed by atoms with Crippen LogP contribution in [0.1, 0.15) is 51.1 Å². The van der Waals surface area contributed by atoms with Gasteiger partial charge in [-0.05, 0) is 53.9 Å². The zero-order chi connectivity index (χ0) is 40.1. The normalized spacial score (nSPS) is 10.7. The summed E-state index contributed by atoms with van der Waals surface area (Å²) in [5.74, 6) is -0.478. The number of aromatic nitrogens is 2. The van der Waals surface area contributed by atoms with Gasteiger partial charge in [-0.2, -0.15) is 5.26 Å². The highest BCUT2D eigenvalue weighted by atomic mass is 16.2. The van der Waals surface area contributed by atoms with Gasteiger partial charge in [-0.1, -0.05) is 109 Å². The smallest absolute Gasteiger partial charge is 0.234 e. The van der Waals surface area contributed by atoms with Crippen molar-refractivity contribution < 1.29 is 24.3 Å². The Morgan fingerprint density at radius 3 is 1.82 bits per heavy atom. The summed E-state index contributed by atoms with van der Waals surface area (Å²) in [4.78, 5) is 48.4. The lowest BCUT2D eigenvalue weighted by Gasteiger charge is -2.37. The SMILES string of the molecule is CNC(Cc1cn(C)c2ccccc12)C(N)=O.CO.N#Cc1ccc(C=O)cn1.O=CCCC(=O)NC(c1ccccc1)(c1ccccc1)c1ccccc1. The number of nitrogens with two attached hydrogens (primary N) is 1. The average molecular weight is 739 g/mol. The van der Waals surface area contributed by atoms with E-state index >= 15 is 0 Å². The van der Waals surface area contributed by atoms with Crippen LogP contribution in [0.3, 0.4) is 0 Å². The number of hydrogen-bond donors (Lipinski definition) is 4. The zero-order valence-electron chi connectivity index (χ0n) is 31.1. The number of benzene rings is 4. The minimum atomic E-state index is -0.816. The van der Waals surface area contributed by atoms with Gasteiger partial charge in [0.2, 0.25) is 11.8 Å². The number of carbonyl (C=O) groups excluding carboxylic acids is 4. The molecule has 5 N–H and O–H groups in total. The Morgan fingerprint density at radius 2 is 1.38 bits per heavy atom. The number of amides is 2. The number of carbonyl (C=O) groups is 4. The van der Waals surface area contributed by atoms with Crippen molar-refractivity contribution in [2.45, 2.75) is 30.8 Å². The van der Waals surface area contributed by atoms with Crippen LogP contribution >= 0.6 is 0 Å². The van der Waals surface area contributed by atoms with Crippen molar-refractivity contribution in [3.8, 4) is 6.07 Å². The number of aldehydes is 2. The molecular formula is C44H46N6O5. The Balaban J connectivity index is 0.000000239. The molecule has 0 aliphatic heterocycles. The van der Waals surface area contributed by atoms with E-state index < -0.39 is 5.54 Å². The fourth-order valence-electron chi connectivity index (χ4n) is 5.94. The maximum absolute atomic E-state index is 12.7. The van der Waals surface area contributed by atoms with Gasteiger partial charge in [0.15, 0.2) is 6.29 Å². The monoisotopic (exact) mass is 738 g/mol. The molecule has 2 aromatic heterocycles. The average Bonchev–Trinajstić information content (AvgIpc) is 3.57. The molecule has 0 aliphatic rings. The standard InChI is InChI=1S/C23H21NO2.C13H17N3O.C7H4N2O.CH4O/c25-18-10-17-22(26)24-23(19-11-4-1-5-12-19,20-13-6-2-7-14-20)21-15-8-3-9-16-21;1-15-11(13(14)17)7-9-8-16(2)12-6-4-3-5-10(9)12;8-3-7-2-1-6(5-10)4-9-7;1-2/h1-9,11-16,18H,10,17H2,(H,24,26);3-6,8,11,15H,7H2,1-2H3,(H2,14,17);1-2,4-5H;2H,1H3. The molecule has 2 heterocycles. The van der Waals surface area contributed by atoms with Crippen LogP contribution in [0.15, 0.2) is 140 Å². The first-order valence-corrected chi connectivity index (χ1v) is 17.4. The number of nitriles is 1. The van der Waals surface area contributed by atoms with E-state index in [-0.39, 0.29) is 30.7 Å². The Morgan fingerprint density at radius 1 is 0.855 bits per heavy atom. The van der Waals surface area contributed by atoms with Crippen molar-refractivity contribution in [3.05, 3.63) is 173 Å². The Labute approximate surface area is 321 Å². The Bertz CT molecular complexity index is 2030. The molecule has 2 amide bonds. The molecule has 1 atom stereocenters.